The van der Waals surface area contributed by atoms with Crippen LogP contribution in [0.1, 0.15) is 16.1 Å². The maximum Gasteiger partial charge on any atom is 0.153 e. The van der Waals surface area contributed by atoms with Crippen LogP contribution >= 0.6 is 11.6 Å². The lowest BCUT2D eigenvalue weighted by molar-refractivity contribution is 0.112. The minimum atomic E-state index is 0.453. The van der Waals surface area contributed by atoms with Crippen LogP contribution < -0.4 is 0 Å². The number of halogens is 1. The van der Waals surface area contributed by atoms with Crippen LogP contribution in [-0.4, -0.2) is 15.8 Å². The molecule has 0 atom stereocenters. The van der Waals surface area contributed by atoms with Crippen molar-refractivity contribution in [3.05, 3.63) is 47.0 Å². The van der Waals surface area contributed by atoms with E-state index in [9.17, 15) is 4.79 Å². The Morgan fingerprint density at radius 1 is 1.47 bits per heavy atom. The van der Waals surface area contributed by atoms with E-state index < -0.39 is 0 Å². The molecule has 1 heterocycles. The van der Waals surface area contributed by atoms with Gasteiger partial charge in [0.05, 0.1) is 28.3 Å². The van der Waals surface area contributed by atoms with Gasteiger partial charge in [0.1, 0.15) is 0 Å². The summed E-state index contributed by atoms with van der Waals surface area (Å²) in [4.78, 5) is 15.0. The first-order chi connectivity index (χ1) is 7.22. The Hall–Kier alpha value is -1.61. The van der Waals surface area contributed by atoms with Gasteiger partial charge in [-0.3, -0.25) is 4.79 Å². The summed E-state index contributed by atoms with van der Waals surface area (Å²) in [5.41, 5.74) is 2.13. The van der Waals surface area contributed by atoms with Crippen LogP contribution in [0.4, 0.5) is 0 Å². The molecule has 0 amide bonds. The molecule has 2 aromatic rings. The summed E-state index contributed by atoms with van der Waals surface area (Å²) in [7, 11) is 0. The molecule has 0 saturated heterocycles. The van der Waals surface area contributed by atoms with E-state index in [4.69, 9.17) is 11.6 Å². The topological polar surface area (TPSA) is 34.9 Å². The third-order valence-corrected chi connectivity index (χ3v) is 2.47. The zero-order valence-corrected chi connectivity index (χ0v) is 8.90. The lowest BCUT2D eigenvalue weighted by Crippen LogP contribution is -1.96. The molecular weight excluding hydrogens is 212 g/mol. The summed E-state index contributed by atoms with van der Waals surface area (Å²) >= 11 is 5.92. The number of aromatic nitrogens is 2. The molecule has 2 rings (SSSR count). The van der Waals surface area contributed by atoms with Crippen LogP contribution in [-0.2, 0) is 0 Å². The largest absolute Gasteiger partial charge is 0.305 e. The van der Waals surface area contributed by atoms with Gasteiger partial charge in [-0.25, -0.2) is 4.98 Å². The molecule has 0 unspecified atom stereocenters. The smallest absolute Gasteiger partial charge is 0.153 e. The van der Waals surface area contributed by atoms with E-state index in [0.29, 0.717) is 10.6 Å². The molecular formula is C11H9ClN2O. The van der Waals surface area contributed by atoms with Gasteiger partial charge in [0.2, 0.25) is 0 Å². The van der Waals surface area contributed by atoms with Gasteiger partial charge in [0.25, 0.3) is 0 Å². The first-order valence-electron chi connectivity index (χ1n) is 4.47. The monoisotopic (exact) mass is 220 g/mol. The molecule has 0 aliphatic rings. The van der Waals surface area contributed by atoms with Gasteiger partial charge in [-0.15, -0.1) is 0 Å². The Kier molecular flexibility index (Phi) is 2.56. The summed E-state index contributed by atoms with van der Waals surface area (Å²) in [6, 6.07) is 5.33. The fourth-order valence-corrected chi connectivity index (χ4v) is 1.63. The maximum absolute atomic E-state index is 10.9. The minimum absolute atomic E-state index is 0.453. The van der Waals surface area contributed by atoms with Crippen molar-refractivity contribution in [1.82, 2.24) is 9.55 Å². The van der Waals surface area contributed by atoms with Crippen LogP contribution in [0.3, 0.4) is 0 Å². The normalized spacial score (nSPS) is 10.3. The predicted octanol–water partition coefficient (Wildman–Crippen LogP) is 2.65. The highest BCUT2D eigenvalue weighted by molar-refractivity contribution is 6.33. The molecule has 0 fully saturated rings. The van der Waals surface area contributed by atoms with E-state index in [1.165, 1.54) is 0 Å². The first-order valence-corrected chi connectivity index (χ1v) is 4.85. The van der Waals surface area contributed by atoms with Crippen molar-refractivity contribution < 1.29 is 4.79 Å². The van der Waals surface area contributed by atoms with E-state index in [1.54, 1.807) is 23.0 Å². The second-order valence-electron chi connectivity index (χ2n) is 3.21. The summed E-state index contributed by atoms with van der Waals surface area (Å²) in [6.45, 7) is 1.89. The van der Waals surface area contributed by atoms with Crippen LogP contribution in [0.15, 0.2) is 30.7 Å². The fraction of sp³-hybridized carbons (Fsp3) is 0.0909. The number of hydrogen-bond acceptors (Lipinski definition) is 2. The highest BCUT2D eigenvalue weighted by Crippen LogP contribution is 2.21. The van der Waals surface area contributed by atoms with E-state index >= 15 is 0 Å². The van der Waals surface area contributed by atoms with Crippen molar-refractivity contribution in [3.63, 3.8) is 0 Å². The standard InChI is InChI=1S/C11H9ClN2O/c1-8-5-14(7-13-8)11-4-2-3-10(12)9(11)6-15/h2-7H,1H3. The number of imidazole rings is 1. The molecule has 15 heavy (non-hydrogen) atoms. The van der Waals surface area contributed by atoms with Crippen molar-refractivity contribution in [3.8, 4) is 5.69 Å². The number of carbonyl (C=O) groups excluding carboxylic acids is 1. The first kappa shape index (κ1) is 9.93. The number of rotatable bonds is 2. The molecule has 1 aromatic carbocycles. The van der Waals surface area contributed by atoms with Crippen LogP contribution in [0.25, 0.3) is 5.69 Å². The molecule has 0 N–H and O–H groups in total. The average Bonchev–Trinajstić information content (AvgIpc) is 2.64. The van der Waals surface area contributed by atoms with Crippen molar-refractivity contribution in [1.29, 1.82) is 0 Å². The lowest BCUT2D eigenvalue weighted by Gasteiger charge is -2.06. The zero-order valence-electron chi connectivity index (χ0n) is 8.14. The van der Waals surface area contributed by atoms with Gasteiger partial charge in [0.15, 0.2) is 6.29 Å². The third-order valence-electron chi connectivity index (χ3n) is 2.14. The predicted molar refractivity (Wildman–Crippen MR) is 58.7 cm³/mol. The SMILES string of the molecule is Cc1cn(-c2cccc(Cl)c2C=O)cn1. The van der Waals surface area contributed by atoms with Gasteiger partial charge in [-0.05, 0) is 19.1 Å². The molecule has 0 radical (unpaired) electrons. The van der Waals surface area contributed by atoms with Crippen LogP contribution in [0.2, 0.25) is 5.02 Å². The Balaban J connectivity index is 2.62. The quantitative estimate of drug-likeness (QED) is 0.730. The molecule has 4 heteroatoms. The maximum atomic E-state index is 10.9. The molecule has 0 aliphatic heterocycles. The van der Waals surface area contributed by atoms with Gasteiger partial charge < -0.3 is 4.57 Å². The molecule has 0 aliphatic carbocycles. The number of aldehydes is 1. The minimum Gasteiger partial charge on any atom is -0.305 e. The number of benzene rings is 1. The molecule has 0 bridgehead atoms. The number of carbonyl (C=O) groups is 1. The average molecular weight is 221 g/mol. The Morgan fingerprint density at radius 3 is 2.87 bits per heavy atom. The molecule has 1 aromatic heterocycles. The number of aryl methyl sites for hydroxylation is 1. The van der Waals surface area contributed by atoms with E-state index in [-0.39, 0.29) is 0 Å². The fourth-order valence-electron chi connectivity index (χ4n) is 1.42. The Bertz CT molecular complexity index is 505. The number of nitrogens with zero attached hydrogens (tertiary/aromatic N) is 2. The van der Waals surface area contributed by atoms with Gasteiger partial charge in [-0.1, -0.05) is 17.7 Å². The van der Waals surface area contributed by atoms with Gasteiger partial charge >= 0.3 is 0 Å². The molecule has 3 nitrogen and oxygen atoms in total. The second kappa shape index (κ2) is 3.87. The highest BCUT2D eigenvalue weighted by Gasteiger charge is 2.07. The van der Waals surface area contributed by atoms with Crippen molar-refractivity contribution in [2.24, 2.45) is 0 Å². The molecule has 0 saturated carbocycles. The second-order valence-corrected chi connectivity index (χ2v) is 3.62. The summed E-state index contributed by atoms with van der Waals surface area (Å²) in [5, 5.41) is 0.453. The molecule has 0 spiro atoms. The molecule has 76 valence electrons. The van der Waals surface area contributed by atoms with E-state index in [2.05, 4.69) is 4.98 Å². The van der Waals surface area contributed by atoms with E-state index in [0.717, 1.165) is 17.7 Å². The third kappa shape index (κ3) is 1.78. The van der Waals surface area contributed by atoms with Crippen molar-refractivity contribution in [2.45, 2.75) is 6.92 Å². The highest BCUT2D eigenvalue weighted by atomic mass is 35.5. The van der Waals surface area contributed by atoms with Crippen LogP contribution in [0.5, 0.6) is 0 Å². The van der Waals surface area contributed by atoms with E-state index in [1.807, 2.05) is 19.2 Å². The zero-order chi connectivity index (χ0) is 10.8. The van der Waals surface area contributed by atoms with Crippen LogP contribution in [0, 0.1) is 6.92 Å². The summed E-state index contributed by atoms with van der Waals surface area (Å²) in [5.74, 6) is 0. The van der Waals surface area contributed by atoms with Crippen molar-refractivity contribution >= 4 is 17.9 Å². The summed E-state index contributed by atoms with van der Waals surface area (Å²) < 4.78 is 1.78. The lowest BCUT2D eigenvalue weighted by atomic mass is 10.2. The summed E-state index contributed by atoms with van der Waals surface area (Å²) in [6.07, 6.45) is 4.26. The number of hydrogen-bond donors (Lipinski definition) is 0. The van der Waals surface area contributed by atoms with Crippen molar-refractivity contribution in [2.75, 3.05) is 0 Å². The van der Waals surface area contributed by atoms with Gasteiger partial charge in [-0.2, -0.15) is 0 Å². The Labute approximate surface area is 92.3 Å². The Morgan fingerprint density at radius 2 is 2.27 bits per heavy atom. The van der Waals surface area contributed by atoms with Gasteiger partial charge in [0, 0.05) is 6.20 Å².